The molecule has 1 aliphatic rings. The monoisotopic (exact) mass is 377 g/mol. The van der Waals surface area contributed by atoms with Crippen LogP contribution in [-0.2, 0) is 13.1 Å². The summed E-state index contributed by atoms with van der Waals surface area (Å²) in [6.07, 6.45) is -0.303. The molecule has 144 valence electrons. The molecule has 0 aliphatic carbocycles. The maximum atomic E-state index is 13.1. The van der Waals surface area contributed by atoms with Gasteiger partial charge in [0.05, 0.1) is 18.3 Å². The van der Waals surface area contributed by atoms with Gasteiger partial charge in [-0.3, -0.25) is 15.1 Å². The van der Waals surface area contributed by atoms with E-state index in [9.17, 15) is 14.9 Å². The van der Waals surface area contributed by atoms with Crippen LogP contribution in [0.15, 0.2) is 54.6 Å². The number of nitrogens with one attached hydrogen (secondary N) is 1. The molecular weight excluding hydrogens is 353 g/mol. The van der Waals surface area contributed by atoms with Crippen LogP contribution in [0.4, 0.5) is 4.39 Å². The van der Waals surface area contributed by atoms with Crippen LogP contribution >= 0.6 is 0 Å². The molecule has 0 saturated carbocycles. The molecule has 1 heterocycles. The first-order valence-electron chi connectivity index (χ1n) is 9.47. The Bertz CT molecular complexity index is 803. The lowest BCUT2D eigenvalue weighted by molar-refractivity contribution is 0.0678. The van der Waals surface area contributed by atoms with Gasteiger partial charge in [0.15, 0.2) is 5.92 Å². The van der Waals surface area contributed by atoms with E-state index in [4.69, 9.17) is 0 Å². The molecule has 6 heteroatoms. The molecule has 1 unspecified atom stereocenters. The Hall–Kier alpha value is -2.77. The number of nitrogens with zero attached hydrogens (tertiary/aromatic N) is 4. The van der Waals surface area contributed by atoms with Crippen LogP contribution in [0.5, 0.6) is 0 Å². The van der Waals surface area contributed by atoms with Gasteiger partial charge in [0.1, 0.15) is 5.82 Å². The van der Waals surface area contributed by atoms with Crippen molar-refractivity contribution in [2.45, 2.75) is 19.3 Å². The molecular formula is C22H24FN5. The van der Waals surface area contributed by atoms with E-state index in [0.717, 1.165) is 43.9 Å². The van der Waals surface area contributed by atoms with Crippen molar-refractivity contribution in [3.8, 4) is 12.1 Å². The minimum Gasteiger partial charge on any atom is -0.297 e. The first kappa shape index (κ1) is 20.0. The third-order valence-electron chi connectivity index (χ3n) is 5.07. The lowest BCUT2D eigenvalue weighted by Crippen LogP contribution is -2.56. The molecule has 2 aromatic carbocycles. The standard InChI is InChI=1S/C22H24FN5/c23-21-8-6-19(7-9-21)17-27-10-12-28(13-11-27)22(20(14-24)15-25)26-16-18-4-2-1-3-5-18/h1-9,20,22,26H,10-13,16-17H2. The van der Waals surface area contributed by atoms with Gasteiger partial charge in [-0.25, -0.2) is 4.39 Å². The maximum Gasteiger partial charge on any atom is 0.161 e. The first-order chi connectivity index (χ1) is 13.7. The number of nitriles is 2. The number of piperazine rings is 1. The summed E-state index contributed by atoms with van der Waals surface area (Å²) in [5.41, 5.74) is 2.21. The Labute approximate surface area is 165 Å². The number of rotatable bonds is 7. The van der Waals surface area contributed by atoms with Crippen molar-refractivity contribution < 1.29 is 4.39 Å². The maximum absolute atomic E-state index is 13.1. The Morgan fingerprint density at radius 2 is 1.54 bits per heavy atom. The molecule has 0 spiro atoms. The van der Waals surface area contributed by atoms with Crippen molar-refractivity contribution in [3.05, 3.63) is 71.5 Å². The number of halogens is 1. The van der Waals surface area contributed by atoms with Gasteiger partial charge in [0.25, 0.3) is 0 Å². The Morgan fingerprint density at radius 1 is 0.893 bits per heavy atom. The number of benzene rings is 2. The second-order valence-electron chi connectivity index (χ2n) is 6.99. The smallest absolute Gasteiger partial charge is 0.161 e. The molecule has 0 radical (unpaired) electrons. The molecule has 0 bridgehead atoms. The molecule has 1 aliphatic heterocycles. The van der Waals surface area contributed by atoms with Crippen LogP contribution in [0.1, 0.15) is 11.1 Å². The van der Waals surface area contributed by atoms with Crippen molar-refractivity contribution in [1.82, 2.24) is 15.1 Å². The lowest BCUT2D eigenvalue weighted by Gasteiger charge is -2.40. The van der Waals surface area contributed by atoms with Gasteiger partial charge in [0, 0.05) is 39.3 Å². The van der Waals surface area contributed by atoms with E-state index in [1.165, 1.54) is 12.1 Å². The van der Waals surface area contributed by atoms with Crippen LogP contribution in [0.3, 0.4) is 0 Å². The van der Waals surface area contributed by atoms with E-state index in [2.05, 4.69) is 27.3 Å². The molecule has 28 heavy (non-hydrogen) atoms. The summed E-state index contributed by atoms with van der Waals surface area (Å²) in [6.45, 7) is 4.60. The summed E-state index contributed by atoms with van der Waals surface area (Å²) in [7, 11) is 0. The Balaban J connectivity index is 1.58. The highest BCUT2D eigenvalue weighted by atomic mass is 19.1. The van der Waals surface area contributed by atoms with Crippen molar-refractivity contribution in [2.24, 2.45) is 5.92 Å². The summed E-state index contributed by atoms with van der Waals surface area (Å²) in [5, 5.41) is 22.2. The number of hydrogen-bond acceptors (Lipinski definition) is 5. The molecule has 3 rings (SSSR count). The van der Waals surface area contributed by atoms with Gasteiger partial charge in [0.2, 0.25) is 0 Å². The van der Waals surface area contributed by atoms with Gasteiger partial charge in [-0.05, 0) is 23.3 Å². The Morgan fingerprint density at radius 3 is 2.14 bits per heavy atom. The predicted molar refractivity (Wildman–Crippen MR) is 105 cm³/mol. The zero-order chi connectivity index (χ0) is 19.8. The summed E-state index contributed by atoms with van der Waals surface area (Å²) in [4.78, 5) is 4.49. The first-order valence-corrected chi connectivity index (χ1v) is 9.47. The zero-order valence-corrected chi connectivity index (χ0v) is 15.8. The SMILES string of the molecule is N#CC(C#N)C(NCc1ccccc1)N1CCN(Cc2ccc(F)cc2)CC1. The van der Waals surface area contributed by atoms with Crippen LogP contribution in [0.25, 0.3) is 0 Å². The second kappa shape index (κ2) is 9.96. The van der Waals surface area contributed by atoms with Crippen LogP contribution in [0, 0.1) is 34.4 Å². The van der Waals surface area contributed by atoms with E-state index in [1.807, 2.05) is 42.5 Å². The summed E-state index contributed by atoms with van der Waals surface area (Å²) >= 11 is 0. The van der Waals surface area contributed by atoms with Gasteiger partial charge in [-0.1, -0.05) is 42.5 Å². The Kier molecular flexibility index (Phi) is 7.11. The van der Waals surface area contributed by atoms with Gasteiger partial charge >= 0.3 is 0 Å². The minimum atomic E-state index is -0.729. The second-order valence-corrected chi connectivity index (χ2v) is 6.99. The van der Waals surface area contributed by atoms with Crippen molar-refractivity contribution in [1.29, 1.82) is 10.5 Å². The fourth-order valence-electron chi connectivity index (χ4n) is 3.49. The molecule has 5 nitrogen and oxygen atoms in total. The molecule has 1 fully saturated rings. The topological polar surface area (TPSA) is 66.1 Å². The van der Waals surface area contributed by atoms with Crippen LogP contribution in [-0.4, -0.2) is 42.1 Å². The largest absolute Gasteiger partial charge is 0.297 e. The average molecular weight is 377 g/mol. The van der Waals surface area contributed by atoms with Gasteiger partial charge in [-0.15, -0.1) is 0 Å². The minimum absolute atomic E-state index is 0.222. The third kappa shape index (κ3) is 5.37. The van der Waals surface area contributed by atoms with Crippen molar-refractivity contribution in [3.63, 3.8) is 0 Å². The molecule has 2 aromatic rings. The van der Waals surface area contributed by atoms with E-state index in [-0.39, 0.29) is 12.0 Å². The predicted octanol–water partition coefficient (Wildman–Crippen LogP) is 2.72. The summed E-state index contributed by atoms with van der Waals surface area (Å²) in [6, 6.07) is 20.8. The molecule has 1 saturated heterocycles. The fourth-order valence-corrected chi connectivity index (χ4v) is 3.49. The average Bonchev–Trinajstić information content (AvgIpc) is 2.74. The van der Waals surface area contributed by atoms with Crippen molar-refractivity contribution in [2.75, 3.05) is 26.2 Å². The van der Waals surface area contributed by atoms with Crippen molar-refractivity contribution >= 4 is 0 Å². The van der Waals surface area contributed by atoms with Gasteiger partial charge in [-0.2, -0.15) is 10.5 Å². The van der Waals surface area contributed by atoms with Crippen LogP contribution < -0.4 is 5.32 Å². The quantitative estimate of drug-likeness (QED) is 0.804. The highest BCUT2D eigenvalue weighted by molar-refractivity contribution is 5.17. The van der Waals surface area contributed by atoms with E-state index < -0.39 is 5.92 Å². The lowest BCUT2D eigenvalue weighted by atomic mass is 10.1. The molecule has 1 atom stereocenters. The molecule has 1 N–H and O–H groups in total. The molecule has 0 aromatic heterocycles. The molecule has 0 amide bonds. The van der Waals surface area contributed by atoms with Crippen LogP contribution in [0.2, 0.25) is 0 Å². The summed E-state index contributed by atoms with van der Waals surface area (Å²) < 4.78 is 13.1. The summed E-state index contributed by atoms with van der Waals surface area (Å²) in [5.74, 6) is -0.952. The number of hydrogen-bond donors (Lipinski definition) is 1. The highest BCUT2D eigenvalue weighted by Crippen LogP contribution is 2.15. The normalized spacial score (nSPS) is 16.4. The van der Waals surface area contributed by atoms with E-state index in [1.54, 1.807) is 0 Å². The fraction of sp³-hybridized carbons (Fsp3) is 0.364. The highest BCUT2D eigenvalue weighted by Gasteiger charge is 2.30. The zero-order valence-electron chi connectivity index (χ0n) is 15.8. The van der Waals surface area contributed by atoms with E-state index in [0.29, 0.717) is 6.54 Å². The van der Waals surface area contributed by atoms with Gasteiger partial charge < -0.3 is 0 Å². The van der Waals surface area contributed by atoms with E-state index >= 15 is 0 Å². The third-order valence-corrected chi connectivity index (χ3v) is 5.07.